The number of hydrogen-bond acceptors (Lipinski definition) is 17. The number of rotatable bonds is 8. The topological polar surface area (TPSA) is 319 Å². The van der Waals surface area contributed by atoms with Gasteiger partial charge in [-0.25, -0.2) is 4.57 Å². The van der Waals surface area contributed by atoms with Gasteiger partial charge in [-0.2, -0.15) is 0 Å². The van der Waals surface area contributed by atoms with Crippen molar-refractivity contribution >= 4 is 7.82 Å². The van der Waals surface area contributed by atoms with Crippen LogP contribution < -0.4 is 16.8 Å². The second-order valence-corrected chi connectivity index (χ2v) is 11.6. The Labute approximate surface area is 227 Å². The molecule has 0 radical (unpaired) electrons. The molecule has 0 aromatic carbocycles. The van der Waals surface area contributed by atoms with Gasteiger partial charge in [0.1, 0.15) is 48.8 Å². The maximum Gasteiger partial charge on any atom is 0.469 e. The molecule has 0 aromatic rings. The smallest absolute Gasteiger partial charge is 0.394 e. The van der Waals surface area contributed by atoms with Crippen molar-refractivity contribution in [1.82, 2.24) is 5.32 Å². The number of phosphoric ester groups is 1. The summed E-state index contributed by atoms with van der Waals surface area (Å²) in [4.78, 5) is 17.9. The lowest BCUT2D eigenvalue weighted by Gasteiger charge is -2.46. The second-order valence-electron chi connectivity index (χ2n) is 10.3. The van der Waals surface area contributed by atoms with E-state index in [-0.39, 0.29) is 6.42 Å². The van der Waals surface area contributed by atoms with Crippen molar-refractivity contribution in [3.63, 3.8) is 0 Å². The molecular formula is C20H38N3O16P. The van der Waals surface area contributed by atoms with Gasteiger partial charge in [-0.3, -0.25) is 4.52 Å². The van der Waals surface area contributed by atoms with Crippen LogP contribution in [0.25, 0.3) is 0 Å². The largest absolute Gasteiger partial charge is 0.469 e. The average molecular weight is 608 g/mol. The lowest BCUT2D eigenvalue weighted by Crippen LogP contribution is -2.69. The van der Waals surface area contributed by atoms with Gasteiger partial charge in [0.25, 0.3) is 0 Å². The first-order chi connectivity index (χ1) is 18.6. The average Bonchev–Trinajstić information content (AvgIpc) is 3.30. The van der Waals surface area contributed by atoms with Crippen molar-refractivity contribution in [2.24, 2.45) is 11.5 Å². The highest BCUT2D eigenvalue weighted by Gasteiger charge is 2.67. The molecular weight excluding hydrogens is 569 g/mol. The quantitative estimate of drug-likeness (QED) is 0.114. The van der Waals surface area contributed by atoms with Crippen LogP contribution in [0, 0.1) is 0 Å². The maximum atomic E-state index is 11.1. The van der Waals surface area contributed by atoms with Crippen molar-refractivity contribution in [1.29, 1.82) is 0 Å². The van der Waals surface area contributed by atoms with E-state index in [1.165, 1.54) is 0 Å². The third-order valence-corrected chi connectivity index (χ3v) is 8.13. The summed E-state index contributed by atoms with van der Waals surface area (Å²) in [5.74, 6) is -2.64. The van der Waals surface area contributed by atoms with Crippen molar-refractivity contribution < 1.29 is 78.3 Å². The van der Waals surface area contributed by atoms with Crippen LogP contribution in [0.2, 0.25) is 0 Å². The zero-order valence-electron chi connectivity index (χ0n) is 21.3. The van der Waals surface area contributed by atoms with Crippen molar-refractivity contribution in [2.75, 3.05) is 20.3 Å². The predicted octanol–water partition coefficient (Wildman–Crippen LogP) is -7.15. The molecule has 40 heavy (non-hydrogen) atoms. The number of aliphatic hydroxyl groups excluding tert-OH is 7. The first kappa shape index (κ1) is 32.4. The number of nitrogens with two attached hydrogens (primary N) is 2. The fraction of sp³-hybridized carbons (Fsp3) is 1.00. The normalized spacial score (nSPS) is 50.6. The minimum absolute atomic E-state index is 0.213. The summed E-state index contributed by atoms with van der Waals surface area (Å²) in [5, 5.41) is 76.7. The molecule has 3 aliphatic heterocycles. The lowest BCUT2D eigenvalue weighted by atomic mass is 9.84. The molecule has 3 heterocycles. The minimum Gasteiger partial charge on any atom is -0.394 e. The summed E-state index contributed by atoms with van der Waals surface area (Å²) < 4.78 is 44.1. The monoisotopic (exact) mass is 607 g/mol. The van der Waals surface area contributed by atoms with Gasteiger partial charge in [0.05, 0.1) is 31.5 Å². The van der Waals surface area contributed by atoms with Gasteiger partial charge in [-0.1, -0.05) is 0 Å². The van der Waals surface area contributed by atoms with Gasteiger partial charge >= 0.3 is 13.8 Å². The molecule has 234 valence electrons. The zero-order valence-corrected chi connectivity index (χ0v) is 22.2. The van der Waals surface area contributed by atoms with E-state index in [9.17, 15) is 40.3 Å². The first-order valence-electron chi connectivity index (χ1n) is 12.6. The zero-order chi connectivity index (χ0) is 29.7. The predicted molar refractivity (Wildman–Crippen MR) is 125 cm³/mol. The Hall–Kier alpha value is -0.490. The van der Waals surface area contributed by atoms with E-state index in [2.05, 4.69) is 9.84 Å². The SMILES string of the molecule is CN[C@H]1C[C@@H](N)[C@H](O)[C@@H](O[C@@H]2O[C@H](CO)[C@H](O)[C@@H]3O[C@]4(O[C@H]23)O[C@H](C(N)COP(=O)(O)O)[C@H](O)[C@H](O)[C@H]4O)[C@@H]1O. The Morgan fingerprint density at radius 1 is 1.00 bits per heavy atom. The molecule has 19 nitrogen and oxygen atoms in total. The second kappa shape index (κ2) is 12.2. The molecule has 1 unspecified atom stereocenters. The fourth-order valence-electron chi connectivity index (χ4n) is 5.40. The van der Waals surface area contributed by atoms with E-state index in [0.717, 1.165) is 0 Å². The van der Waals surface area contributed by atoms with E-state index in [0.29, 0.717) is 0 Å². The molecule has 14 N–H and O–H groups in total. The summed E-state index contributed by atoms with van der Waals surface area (Å²) >= 11 is 0. The molecule has 0 aromatic heterocycles. The molecule has 1 saturated carbocycles. The number of aliphatic hydroxyl groups is 7. The maximum absolute atomic E-state index is 11.1. The summed E-state index contributed by atoms with van der Waals surface area (Å²) in [7, 11) is -3.40. The summed E-state index contributed by atoms with van der Waals surface area (Å²) in [5.41, 5.74) is 11.9. The van der Waals surface area contributed by atoms with Crippen LogP contribution in [-0.4, -0.2) is 163 Å². The molecule has 0 bridgehead atoms. The van der Waals surface area contributed by atoms with E-state index >= 15 is 0 Å². The van der Waals surface area contributed by atoms with Gasteiger partial charge in [0.2, 0.25) is 0 Å². The number of phosphoric acid groups is 1. The van der Waals surface area contributed by atoms with E-state index < -0.39 is 119 Å². The van der Waals surface area contributed by atoms with Gasteiger partial charge < -0.3 is 86.0 Å². The van der Waals surface area contributed by atoms with Gasteiger partial charge in [-0.05, 0) is 13.5 Å². The lowest BCUT2D eigenvalue weighted by molar-refractivity contribution is -0.439. The number of likely N-dealkylation sites (N-methyl/N-ethyl adjacent to an activating group) is 1. The first-order valence-corrected chi connectivity index (χ1v) is 14.1. The number of nitrogens with one attached hydrogen (secondary N) is 1. The van der Waals surface area contributed by atoms with Crippen molar-refractivity contribution in [3.8, 4) is 0 Å². The Kier molecular flexibility index (Phi) is 9.93. The standard InChI is InChI=1S/C20H38N3O16P/c1-23-7-2-5(21)9(25)15(10(7)26)36-19-17-16(11(27)8(3-24)35-19)38-20(39-17)18(30)13(29)12(28)14(37-20)6(22)4-34-40(31,32)33/h5-19,23-30H,2-4,21-22H2,1H3,(H2,31,32,33)/t5-,6?,7+,8-,9+,10-,11+,12-,13+,14-,15-,16+,17+,18-,19+,20-/m1/s1. The van der Waals surface area contributed by atoms with E-state index in [1.54, 1.807) is 7.05 Å². The summed E-state index contributed by atoms with van der Waals surface area (Å²) in [6.07, 6.45) is -19.1. The third kappa shape index (κ3) is 6.10. The van der Waals surface area contributed by atoms with Crippen LogP contribution in [0.1, 0.15) is 6.42 Å². The Bertz CT molecular complexity index is 919. The molecule has 1 aliphatic carbocycles. The summed E-state index contributed by atoms with van der Waals surface area (Å²) in [6.45, 7) is -1.60. The number of hydrogen-bond donors (Lipinski definition) is 12. The highest BCUT2D eigenvalue weighted by molar-refractivity contribution is 7.46. The Morgan fingerprint density at radius 2 is 1.65 bits per heavy atom. The Balaban J connectivity index is 1.60. The minimum atomic E-state index is -4.97. The highest BCUT2D eigenvalue weighted by Crippen LogP contribution is 2.46. The van der Waals surface area contributed by atoms with Crippen molar-refractivity contribution in [2.45, 2.75) is 104 Å². The van der Waals surface area contributed by atoms with Gasteiger partial charge in [0.15, 0.2) is 12.4 Å². The molecule has 0 amide bonds. The van der Waals surface area contributed by atoms with Gasteiger partial charge in [-0.15, -0.1) is 0 Å². The molecule has 3 saturated heterocycles. The van der Waals surface area contributed by atoms with Crippen molar-refractivity contribution in [3.05, 3.63) is 0 Å². The number of fused-ring (bicyclic) bond motifs is 1. The fourth-order valence-corrected chi connectivity index (χ4v) is 5.77. The van der Waals surface area contributed by atoms with Gasteiger partial charge in [0, 0.05) is 12.1 Å². The van der Waals surface area contributed by atoms with Crippen LogP contribution in [0.15, 0.2) is 0 Å². The van der Waals surface area contributed by atoms with E-state index in [4.69, 9.17) is 44.9 Å². The summed E-state index contributed by atoms with van der Waals surface area (Å²) in [6, 6.07) is -2.89. The molecule has 4 rings (SSSR count). The molecule has 16 atom stereocenters. The van der Waals surface area contributed by atoms with Crippen LogP contribution >= 0.6 is 7.82 Å². The third-order valence-electron chi connectivity index (χ3n) is 7.64. The number of ether oxygens (including phenoxy) is 5. The molecule has 1 spiro atoms. The molecule has 20 heteroatoms. The van der Waals surface area contributed by atoms with Crippen LogP contribution in [0.3, 0.4) is 0 Å². The molecule has 4 aliphatic rings. The van der Waals surface area contributed by atoms with Crippen LogP contribution in [0.5, 0.6) is 0 Å². The highest BCUT2D eigenvalue weighted by atomic mass is 31.2. The van der Waals surface area contributed by atoms with E-state index in [1.807, 2.05) is 0 Å². The van der Waals surface area contributed by atoms with Crippen LogP contribution in [-0.2, 0) is 32.8 Å². The van der Waals surface area contributed by atoms with Crippen LogP contribution in [0.4, 0.5) is 0 Å². The Morgan fingerprint density at radius 3 is 2.25 bits per heavy atom. The molecule has 4 fully saturated rings.